The molecule has 1 unspecified atom stereocenters. The zero-order valence-electron chi connectivity index (χ0n) is 21.0. The van der Waals surface area contributed by atoms with Crippen molar-refractivity contribution in [2.24, 2.45) is 0 Å². The summed E-state index contributed by atoms with van der Waals surface area (Å²) in [7, 11) is 5.88. The first kappa shape index (κ1) is 25.3. The van der Waals surface area contributed by atoms with Crippen LogP contribution in [0.1, 0.15) is 43.0 Å². The van der Waals surface area contributed by atoms with Crippen LogP contribution >= 0.6 is 0 Å². The quantitative estimate of drug-likeness (QED) is 0.461. The van der Waals surface area contributed by atoms with E-state index in [0.717, 1.165) is 62.8 Å². The highest BCUT2D eigenvalue weighted by Gasteiger charge is 2.24. The van der Waals surface area contributed by atoms with Gasteiger partial charge in [-0.05, 0) is 81.0 Å². The minimum Gasteiger partial charge on any atom is -0.493 e. The Bertz CT molecular complexity index is 850. The monoisotopic (exact) mass is 455 g/mol. The number of nitrogens with one attached hydrogen (secondary N) is 1. The Kier molecular flexibility index (Phi) is 9.85. The number of rotatable bonds is 13. The third kappa shape index (κ3) is 7.10. The van der Waals surface area contributed by atoms with E-state index in [2.05, 4.69) is 79.5 Å². The summed E-state index contributed by atoms with van der Waals surface area (Å²) >= 11 is 0. The Hall–Kier alpha value is -2.28. The first-order chi connectivity index (χ1) is 16.0. The Morgan fingerprint density at radius 1 is 0.939 bits per heavy atom. The molecule has 6 heteroatoms. The van der Waals surface area contributed by atoms with Crippen LogP contribution in [-0.4, -0.2) is 76.9 Å². The Morgan fingerprint density at radius 3 is 2.36 bits per heavy atom. The zero-order valence-corrected chi connectivity index (χ0v) is 21.0. The fourth-order valence-corrected chi connectivity index (χ4v) is 4.29. The van der Waals surface area contributed by atoms with E-state index < -0.39 is 0 Å². The van der Waals surface area contributed by atoms with Crippen LogP contribution in [0.25, 0.3) is 0 Å². The molecule has 182 valence electrons. The second-order valence-electron chi connectivity index (χ2n) is 8.79. The summed E-state index contributed by atoms with van der Waals surface area (Å²) in [5, 5.41) is 3.68. The number of benzene rings is 2. The van der Waals surface area contributed by atoms with Gasteiger partial charge in [0.25, 0.3) is 0 Å². The summed E-state index contributed by atoms with van der Waals surface area (Å²) in [5.74, 6) is 2.55. The lowest BCUT2D eigenvalue weighted by atomic mass is 9.89. The van der Waals surface area contributed by atoms with Gasteiger partial charge in [-0.3, -0.25) is 0 Å². The smallest absolute Gasteiger partial charge is 0.161 e. The number of nitrogens with zero attached hydrogens (tertiary/aromatic N) is 2. The van der Waals surface area contributed by atoms with Crippen LogP contribution in [0.4, 0.5) is 0 Å². The number of fused-ring (bicyclic) bond motifs is 1. The average molecular weight is 456 g/mol. The minimum absolute atomic E-state index is 0.133. The summed E-state index contributed by atoms with van der Waals surface area (Å²) in [4.78, 5) is 4.54. The first-order valence-electron chi connectivity index (χ1n) is 12.2. The molecule has 2 aromatic carbocycles. The van der Waals surface area contributed by atoms with Gasteiger partial charge in [0.1, 0.15) is 12.4 Å². The van der Waals surface area contributed by atoms with Crippen LogP contribution in [0.5, 0.6) is 17.2 Å². The molecule has 1 atom stereocenters. The number of hydrogen-bond acceptors (Lipinski definition) is 6. The molecule has 0 fully saturated rings. The van der Waals surface area contributed by atoms with Crippen LogP contribution in [-0.2, 0) is 6.42 Å². The second kappa shape index (κ2) is 12.8. The number of hydrogen-bond donors (Lipinski definition) is 1. The second-order valence-corrected chi connectivity index (χ2v) is 8.79. The van der Waals surface area contributed by atoms with E-state index in [1.54, 1.807) is 7.11 Å². The van der Waals surface area contributed by atoms with Crippen molar-refractivity contribution in [3.05, 3.63) is 53.1 Å². The maximum Gasteiger partial charge on any atom is 0.161 e. The minimum atomic E-state index is 0.133. The summed E-state index contributed by atoms with van der Waals surface area (Å²) in [5.41, 5.74) is 3.81. The molecule has 1 N–H and O–H groups in total. The third-order valence-electron chi connectivity index (χ3n) is 6.27. The van der Waals surface area contributed by atoms with Gasteiger partial charge in [-0.15, -0.1) is 0 Å². The number of likely N-dealkylation sites (N-methyl/N-ethyl adjacent to an activating group) is 1. The van der Waals surface area contributed by atoms with Crippen molar-refractivity contribution in [2.75, 3.05) is 67.1 Å². The molecule has 0 bridgehead atoms. The molecule has 0 aromatic heterocycles. The lowest BCUT2D eigenvalue weighted by Crippen LogP contribution is -2.30. The highest BCUT2D eigenvalue weighted by molar-refractivity contribution is 5.52. The molecule has 1 aliphatic heterocycles. The molecule has 6 nitrogen and oxygen atoms in total. The van der Waals surface area contributed by atoms with E-state index >= 15 is 0 Å². The Labute approximate surface area is 199 Å². The summed E-state index contributed by atoms with van der Waals surface area (Å²) in [6, 6.07) is 12.9. The molecule has 3 rings (SSSR count). The van der Waals surface area contributed by atoms with Gasteiger partial charge in [0.2, 0.25) is 0 Å². The normalized spacial score (nSPS) is 15.5. The van der Waals surface area contributed by atoms with Gasteiger partial charge in [0, 0.05) is 19.6 Å². The molecule has 1 heterocycles. The molecule has 0 saturated heterocycles. The molecule has 33 heavy (non-hydrogen) atoms. The van der Waals surface area contributed by atoms with E-state index in [0.29, 0.717) is 13.2 Å². The van der Waals surface area contributed by atoms with Crippen molar-refractivity contribution in [3.8, 4) is 17.2 Å². The van der Waals surface area contributed by atoms with Crippen molar-refractivity contribution in [2.45, 2.75) is 32.7 Å². The summed E-state index contributed by atoms with van der Waals surface area (Å²) in [6.07, 6.45) is 1.96. The molecular weight excluding hydrogens is 414 g/mol. The van der Waals surface area contributed by atoms with E-state index in [1.165, 1.54) is 16.7 Å². The van der Waals surface area contributed by atoms with Crippen molar-refractivity contribution < 1.29 is 14.2 Å². The highest BCUT2D eigenvalue weighted by atomic mass is 16.5. The zero-order chi connectivity index (χ0) is 23.6. The first-order valence-corrected chi connectivity index (χ1v) is 12.2. The molecule has 0 aliphatic carbocycles. The molecule has 0 saturated carbocycles. The summed E-state index contributed by atoms with van der Waals surface area (Å²) in [6.45, 7) is 10.7. The molecule has 0 amide bonds. The van der Waals surface area contributed by atoms with Gasteiger partial charge in [-0.25, -0.2) is 0 Å². The fourth-order valence-electron chi connectivity index (χ4n) is 4.29. The third-order valence-corrected chi connectivity index (χ3v) is 6.27. The van der Waals surface area contributed by atoms with Crippen LogP contribution < -0.4 is 19.5 Å². The maximum absolute atomic E-state index is 6.13. The van der Waals surface area contributed by atoms with Gasteiger partial charge in [0.15, 0.2) is 11.5 Å². The standard InChI is InChI=1S/C27H41N3O3/c1-6-30(7-2)16-18-32-23-11-9-21(10-12-23)27-24-20-26(33-17-8-15-29(3)4)25(31-5)19-22(24)13-14-28-27/h9-12,19-20,27-28H,6-8,13-18H2,1-5H3. The van der Waals surface area contributed by atoms with Crippen molar-refractivity contribution >= 4 is 0 Å². The molecule has 0 radical (unpaired) electrons. The van der Waals surface area contributed by atoms with Gasteiger partial charge in [0.05, 0.1) is 19.8 Å². The van der Waals surface area contributed by atoms with Crippen LogP contribution in [0.3, 0.4) is 0 Å². The van der Waals surface area contributed by atoms with Crippen LogP contribution in [0.15, 0.2) is 36.4 Å². The molecular formula is C27H41N3O3. The van der Waals surface area contributed by atoms with Gasteiger partial charge >= 0.3 is 0 Å². The van der Waals surface area contributed by atoms with E-state index in [1.807, 2.05) is 0 Å². The van der Waals surface area contributed by atoms with E-state index in [9.17, 15) is 0 Å². The predicted molar refractivity (Wildman–Crippen MR) is 135 cm³/mol. The van der Waals surface area contributed by atoms with Crippen LogP contribution in [0.2, 0.25) is 0 Å². The molecule has 2 aromatic rings. The fraction of sp³-hybridized carbons (Fsp3) is 0.556. The van der Waals surface area contributed by atoms with Crippen LogP contribution in [0, 0.1) is 0 Å². The van der Waals surface area contributed by atoms with E-state index in [4.69, 9.17) is 14.2 Å². The van der Waals surface area contributed by atoms with Gasteiger partial charge in [-0.1, -0.05) is 26.0 Å². The topological polar surface area (TPSA) is 46.2 Å². The van der Waals surface area contributed by atoms with Gasteiger partial charge in [-0.2, -0.15) is 0 Å². The van der Waals surface area contributed by atoms with E-state index in [-0.39, 0.29) is 6.04 Å². The Morgan fingerprint density at radius 2 is 1.70 bits per heavy atom. The predicted octanol–water partition coefficient (Wildman–Crippen LogP) is 3.98. The summed E-state index contributed by atoms with van der Waals surface area (Å²) < 4.78 is 17.7. The van der Waals surface area contributed by atoms with Crippen molar-refractivity contribution in [1.29, 1.82) is 0 Å². The lowest BCUT2D eigenvalue weighted by molar-refractivity contribution is 0.223. The molecule has 0 spiro atoms. The number of ether oxygens (including phenoxy) is 3. The largest absolute Gasteiger partial charge is 0.493 e. The Balaban J connectivity index is 1.70. The molecule has 1 aliphatic rings. The number of methoxy groups -OCH3 is 1. The van der Waals surface area contributed by atoms with Gasteiger partial charge < -0.3 is 29.3 Å². The van der Waals surface area contributed by atoms with Crippen molar-refractivity contribution in [3.63, 3.8) is 0 Å². The SMILES string of the molecule is CCN(CC)CCOc1ccc(C2NCCc3cc(OC)c(OCCCN(C)C)cc32)cc1. The lowest BCUT2D eigenvalue weighted by Gasteiger charge is -2.29. The van der Waals surface area contributed by atoms with Crippen molar-refractivity contribution in [1.82, 2.24) is 15.1 Å². The average Bonchev–Trinajstić information content (AvgIpc) is 2.84. The highest BCUT2D eigenvalue weighted by Crippen LogP contribution is 2.38. The maximum atomic E-state index is 6.13.